The minimum Gasteiger partial charge on any atom is -0.497 e. The third-order valence-corrected chi connectivity index (χ3v) is 7.03. The molecule has 0 aromatic heterocycles. The predicted octanol–water partition coefficient (Wildman–Crippen LogP) is 4.75. The highest BCUT2D eigenvalue weighted by molar-refractivity contribution is 7.89. The highest BCUT2D eigenvalue weighted by Crippen LogP contribution is 2.25. The van der Waals surface area contributed by atoms with E-state index in [9.17, 15) is 13.2 Å². The summed E-state index contributed by atoms with van der Waals surface area (Å²) in [6, 6.07) is 19.5. The molecule has 0 spiro atoms. The Morgan fingerprint density at radius 1 is 0.909 bits per heavy atom. The number of Topliss-reactive ketones (excluding diaryl/α,β-unsaturated/α-hetero) is 1. The Kier molecular flexibility index (Phi) is 7.89. The van der Waals surface area contributed by atoms with Crippen LogP contribution in [0.1, 0.15) is 41.4 Å². The van der Waals surface area contributed by atoms with Gasteiger partial charge in [0.25, 0.3) is 0 Å². The van der Waals surface area contributed by atoms with Crippen molar-refractivity contribution in [1.82, 2.24) is 4.72 Å². The largest absolute Gasteiger partial charge is 0.497 e. The molecule has 3 aromatic carbocycles. The number of carbonyl (C=O) groups excluding carboxylic acids is 1. The molecule has 1 atom stereocenters. The van der Waals surface area contributed by atoms with E-state index in [0.29, 0.717) is 16.9 Å². The van der Waals surface area contributed by atoms with E-state index >= 15 is 0 Å². The quantitative estimate of drug-likeness (QED) is 0.436. The molecule has 0 aliphatic rings. The van der Waals surface area contributed by atoms with Gasteiger partial charge in [0.15, 0.2) is 5.78 Å². The summed E-state index contributed by atoms with van der Waals surface area (Å²) in [6.07, 6.45) is 0. The molecule has 0 radical (unpaired) electrons. The molecule has 0 bridgehead atoms. The third-order valence-electron chi connectivity index (χ3n) is 5.60. The van der Waals surface area contributed by atoms with E-state index in [1.54, 1.807) is 55.6 Å². The van der Waals surface area contributed by atoms with E-state index in [1.807, 2.05) is 19.1 Å². The number of sulfonamides is 1. The number of anilines is 1. The second-order valence-electron chi connectivity index (χ2n) is 7.72. The number of nitrogens with one attached hydrogen (secondary N) is 1. The third kappa shape index (κ3) is 5.80. The Hall–Kier alpha value is -3.16. The number of hydrogen-bond acceptors (Lipinski definition) is 5. The van der Waals surface area contributed by atoms with Crippen molar-refractivity contribution in [2.75, 3.05) is 25.1 Å². The summed E-state index contributed by atoms with van der Waals surface area (Å²) in [5, 5.41) is 0. The summed E-state index contributed by atoms with van der Waals surface area (Å²) in [5.74, 6) is 0.274. The maximum atomic E-state index is 13.5. The molecule has 1 N–H and O–H groups in total. The highest BCUT2D eigenvalue weighted by Gasteiger charge is 2.28. The molecular weight excluding hydrogens is 436 g/mol. The van der Waals surface area contributed by atoms with E-state index in [4.69, 9.17) is 4.74 Å². The van der Waals surface area contributed by atoms with Crippen LogP contribution in [0.5, 0.6) is 5.75 Å². The van der Waals surface area contributed by atoms with Crippen molar-refractivity contribution in [3.63, 3.8) is 0 Å². The fourth-order valence-corrected chi connectivity index (χ4v) is 4.79. The predicted molar refractivity (Wildman–Crippen MR) is 132 cm³/mol. The fourth-order valence-electron chi connectivity index (χ4n) is 3.60. The second kappa shape index (κ2) is 10.6. The summed E-state index contributed by atoms with van der Waals surface area (Å²) < 4.78 is 34.1. The lowest BCUT2D eigenvalue weighted by Crippen LogP contribution is -2.34. The molecule has 0 saturated carbocycles. The van der Waals surface area contributed by atoms with Crippen LogP contribution in [0.4, 0.5) is 5.69 Å². The summed E-state index contributed by atoms with van der Waals surface area (Å²) in [5.41, 5.74) is 2.93. The van der Waals surface area contributed by atoms with Crippen LogP contribution in [0.25, 0.3) is 0 Å². The van der Waals surface area contributed by atoms with Gasteiger partial charge in [0, 0.05) is 24.3 Å². The van der Waals surface area contributed by atoms with Crippen LogP contribution in [0.2, 0.25) is 0 Å². The average Bonchev–Trinajstić information content (AvgIpc) is 2.84. The summed E-state index contributed by atoms with van der Waals surface area (Å²) in [7, 11) is -2.38. The van der Waals surface area contributed by atoms with Gasteiger partial charge in [-0.1, -0.05) is 29.8 Å². The van der Waals surface area contributed by atoms with Crippen LogP contribution in [0, 0.1) is 6.92 Å². The van der Waals surface area contributed by atoms with Crippen LogP contribution in [-0.2, 0) is 10.0 Å². The summed E-state index contributed by atoms with van der Waals surface area (Å²) >= 11 is 0. The zero-order valence-corrected chi connectivity index (χ0v) is 20.2. The van der Waals surface area contributed by atoms with Gasteiger partial charge in [-0.2, -0.15) is 4.72 Å². The van der Waals surface area contributed by atoms with Gasteiger partial charge in [-0.25, -0.2) is 8.42 Å². The first kappa shape index (κ1) is 24.5. The van der Waals surface area contributed by atoms with Crippen molar-refractivity contribution in [3.8, 4) is 5.75 Å². The molecule has 33 heavy (non-hydrogen) atoms. The van der Waals surface area contributed by atoms with Gasteiger partial charge >= 0.3 is 0 Å². The lowest BCUT2D eigenvalue weighted by Gasteiger charge is -2.23. The lowest BCUT2D eigenvalue weighted by atomic mass is 9.98. The number of carbonyl (C=O) groups is 1. The molecule has 1 unspecified atom stereocenters. The van der Waals surface area contributed by atoms with Crippen LogP contribution in [-0.4, -0.2) is 34.4 Å². The molecule has 0 amide bonds. The number of ketones is 1. The van der Waals surface area contributed by atoms with Crippen molar-refractivity contribution >= 4 is 21.5 Å². The normalized spacial score (nSPS) is 12.2. The number of methoxy groups -OCH3 is 1. The number of ether oxygens (including phenoxy) is 1. The minimum absolute atomic E-state index is 0.111. The van der Waals surface area contributed by atoms with Gasteiger partial charge in [-0.3, -0.25) is 4.79 Å². The van der Waals surface area contributed by atoms with E-state index < -0.39 is 16.1 Å². The molecule has 174 valence electrons. The Balaban J connectivity index is 2.00. The highest BCUT2D eigenvalue weighted by atomic mass is 32.2. The van der Waals surface area contributed by atoms with Crippen molar-refractivity contribution in [2.45, 2.75) is 31.7 Å². The first-order valence-corrected chi connectivity index (χ1v) is 12.4. The van der Waals surface area contributed by atoms with E-state index in [-0.39, 0.29) is 10.7 Å². The van der Waals surface area contributed by atoms with Gasteiger partial charge in [0.2, 0.25) is 10.0 Å². The number of hydrogen-bond donors (Lipinski definition) is 1. The van der Waals surface area contributed by atoms with Gasteiger partial charge in [-0.05, 0) is 74.9 Å². The average molecular weight is 467 g/mol. The van der Waals surface area contributed by atoms with Gasteiger partial charge in [-0.15, -0.1) is 0 Å². The molecule has 0 aliphatic carbocycles. The van der Waals surface area contributed by atoms with Crippen LogP contribution < -0.4 is 14.4 Å². The van der Waals surface area contributed by atoms with Crippen molar-refractivity contribution in [2.24, 2.45) is 0 Å². The number of rotatable bonds is 10. The van der Waals surface area contributed by atoms with E-state index in [2.05, 4.69) is 23.5 Å². The lowest BCUT2D eigenvalue weighted by molar-refractivity contribution is 0.0953. The van der Waals surface area contributed by atoms with Crippen molar-refractivity contribution in [3.05, 3.63) is 89.5 Å². The SMILES string of the molecule is CCN(CC)c1ccc(C(NS(=O)(=O)c2ccc(C)cc2)C(=O)c2ccc(OC)cc2)cc1. The van der Waals surface area contributed by atoms with Gasteiger partial charge in [0.05, 0.1) is 12.0 Å². The van der Waals surface area contributed by atoms with Crippen LogP contribution in [0.3, 0.4) is 0 Å². The van der Waals surface area contributed by atoms with Crippen molar-refractivity contribution in [1.29, 1.82) is 0 Å². The molecule has 7 heteroatoms. The zero-order valence-electron chi connectivity index (χ0n) is 19.4. The van der Waals surface area contributed by atoms with Gasteiger partial charge in [0.1, 0.15) is 11.8 Å². The molecule has 0 saturated heterocycles. The molecule has 3 aromatic rings. The second-order valence-corrected chi connectivity index (χ2v) is 9.44. The Morgan fingerprint density at radius 3 is 2.00 bits per heavy atom. The standard InChI is InChI=1S/C26H30N2O4S/c1-5-28(6-2)22-13-9-20(10-14-22)25(26(29)21-11-15-23(32-4)16-12-21)27-33(30,31)24-17-7-19(3)8-18-24/h7-18,25,27H,5-6H2,1-4H3. The topological polar surface area (TPSA) is 75.7 Å². The van der Waals surface area contributed by atoms with Gasteiger partial charge < -0.3 is 9.64 Å². The maximum absolute atomic E-state index is 13.5. The molecule has 0 aliphatic heterocycles. The van der Waals surface area contributed by atoms with Crippen LogP contribution in [0.15, 0.2) is 77.7 Å². The van der Waals surface area contributed by atoms with E-state index in [1.165, 1.54) is 12.1 Å². The minimum atomic E-state index is -3.93. The summed E-state index contributed by atoms with van der Waals surface area (Å²) in [4.78, 5) is 15.8. The zero-order chi connectivity index (χ0) is 24.0. The molecule has 3 rings (SSSR count). The number of benzene rings is 3. The summed E-state index contributed by atoms with van der Waals surface area (Å²) in [6.45, 7) is 7.73. The Bertz CT molecular complexity index is 1170. The molecule has 0 heterocycles. The molecular formula is C26H30N2O4S. The monoisotopic (exact) mass is 466 g/mol. The smallest absolute Gasteiger partial charge is 0.241 e. The number of aryl methyl sites for hydroxylation is 1. The van der Waals surface area contributed by atoms with Crippen LogP contribution >= 0.6 is 0 Å². The number of nitrogens with zero attached hydrogens (tertiary/aromatic N) is 1. The van der Waals surface area contributed by atoms with Crippen molar-refractivity contribution < 1.29 is 17.9 Å². The first-order valence-electron chi connectivity index (χ1n) is 10.9. The fraction of sp³-hybridized carbons (Fsp3) is 0.269. The van der Waals surface area contributed by atoms with E-state index in [0.717, 1.165) is 24.3 Å². The molecule has 6 nitrogen and oxygen atoms in total. The first-order chi connectivity index (χ1) is 15.8. The maximum Gasteiger partial charge on any atom is 0.241 e. The Morgan fingerprint density at radius 2 is 1.48 bits per heavy atom. The Labute approximate surface area is 196 Å². The molecule has 0 fully saturated rings.